The highest BCUT2D eigenvalue weighted by Gasteiger charge is 2.27. The third-order valence-corrected chi connectivity index (χ3v) is 6.16. The number of rotatable bonds is 8. The van der Waals surface area contributed by atoms with Crippen molar-refractivity contribution >= 4 is 17.7 Å². The van der Waals surface area contributed by atoms with Crippen molar-refractivity contribution in [1.82, 2.24) is 14.9 Å². The Morgan fingerprint density at radius 3 is 2.42 bits per heavy atom. The molecule has 1 N–H and O–H groups in total. The van der Waals surface area contributed by atoms with Crippen molar-refractivity contribution in [3.05, 3.63) is 65.5 Å². The van der Waals surface area contributed by atoms with Crippen molar-refractivity contribution < 1.29 is 32.5 Å². The molecule has 0 spiro atoms. The van der Waals surface area contributed by atoms with Gasteiger partial charge in [0.25, 0.3) is 0 Å². The number of carbonyl (C=O) groups excluding carboxylic acids is 1. The van der Waals surface area contributed by atoms with Crippen molar-refractivity contribution in [3.8, 4) is 17.2 Å². The van der Waals surface area contributed by atoms with Gasteiger partial charge in [0.15, 0.2) is 17.3 Å². The van der Waals surface area contributed by atoms with Crippen LogP contribution in [0.2, 0.25) is 0 Å². The summed E-state index contributed by atoms with van der Waals surface area (Å²) in [6, 6.07) is 8.70. The average molecular weight is 557 g/mol. The summed E-state index contributed by atoms with van der Waals surface area (Å²) in [6.07, 6.45) is 3.90. The van der Waals surface area contributed by atoms with Gasteiger partial charge >= 0.3 is 6.09 Å². The zero-order chi connectivity index (χ0) is 28.9. The first-order valence-electron chi connectivity index (χ1n) is 13.0. The SMILES string of the molecule is COc1cc(C)c(F)c(COc2cnc(Nc3cccc(OC4CCN(C(=O)OC(C)(C)C)CC4)c3)nc2)c1F. The number of nitrogens with zero attached hydrogens (tertiary/aromatic N) is 3. The van der Waals surface area contributed by atoms with Crippen LogP contribution in [0.15, 0.2) is 42.7 Å². The molecule has 1 aliphatic rings. The molecular formula is C29H34F2N4O5. The summed E-state index contributed by atoms with van der Waals surface area (Å²) in [5.41, 5.74) is 0.217. The number of hydrogen-bond acceptors (Lipinski definition) is 8. The van der Waals surface area contributed by atoms with Crippen molar-refractivity contribution in [3.63, 3.8) is 0 Å². The largest absolute Gasteiger partial charge is 0.494 e. The number of carbonyl (C=O) groups is 1. The molecule has 3 aromatic rings. The highest BCUT2D eigenvalue weighted by molar-refractivity contribution is 5.68. The van der Waals surface area contributed by atoms with Crippen molar-refractivity contribution in [2.24, 2.45) is 0 Å². The van der Waals surface area contributed by atoms with E-state index in [2.05, 4.69) is 15.3 Å². The molecule has 214 valence electrons. The lowest BCUT2D eigenvalue weighted by atomic mass is 10.1. The standard InChI is InChI=1S/C29H34F2N4O5/c1-18-13-24(37-5)26(31)23(25(18)30)17-38-22-15-32-27(33-16-22)34-19-7-6-8-21(14-19)39-20-9-11-35(12-10-20)28(36)40-29(2,3)4/h6-8,13-16,20H,9-12,17H2,1-5H3,(H,32,33,34). The molecule has 0 radical (unpaired) electrons. The molecule has 2 heterocycles. The monoisotopic (exact) mass is 556 g/mol. The van der Waals surface area contributed by atoms with Gasteiger partial charge in [-0.2, -0.15) is 0 Å². The second-order valence-electron chi connectivity index (χ2n) is 10.5. The molecule has 1 amide bonds. The Labute approximate surface area is 232 Å². The van der Waals surface area contributed by atoms with Crippen LogP contribution in [0, 0.1) is 18.6 Å². The number of likely N-dealkylation sites (tertiary alicyclic amines) is 1. The van der Waals surface area contributed by atoms with E-state index >= 15 is 0 Å². The molecule has 0 atom stereocenters. The Bertz CT molecular complexity index is 1320. The van der Waals surface area contributed by atoms with Crippen molar-refractivity contribution in [2.75, 3.05) is 25.5 Å². The molecule has 40 heavy (non-hydrogen) atoms. The van der Waals surface area contributed by atoms with E-state index in [1.54, 1.807) is 4.90 Å². The van der Waals surface area contributed by atoms with Gasteiger partial charge in [0, 0.05) is 37.7 Å². The van der Waals surface area contributed by atoms with E-state index in [1.807, 2.05) is 45.0 Å². The summed E-state index contributed by atoms with van der Waals surface area (Å²) < 4.78 is 51.0. The van der Waals surface area contributed by atoms with Crippen molar-refractivity contribution in [1.29, 1.82) is 0 Å². The van der Waals surface area contributed by atoms with Gasteiger partial charge in [0.2, 0.25) is 5.95 Å². The highest BCUT2D eigenvalue weighted by atomic mass is 19.1. The van der Waals surface area contributed by atoms with Gasteiger partial charge in [-0.05, 0) is 51.5 Å². The summed E-state index contributed by atoms with van der Waals surface area (Å²) in [5.74, 6) is -0.304. The topological polar surface area (TPSA) is 95.0 Å². The van der Waals surface area contributed by atoms with Crippen LogP contribution in [0.1, 0.15) is 44.7 Å². The molecule has 2 aromatic carbocycles. The Kier molecular flexibility index (Phi) is 8.91. The lowest BCUT2D eigenvalue weighted by molar-refractivity contribution is 0.0126. The summed E-state index contributed by atoms with van der Waals surface area (Å²) in [7, 11) is 1.32. The number of methoxy groups -OCH3 is 1. The predicted molar refractivity (Wildman–Crippen MR) is 145 cm³/mol. The smallest absolute Gasteiger partial charge is 0.410 e. The van der Waals surface area contributed by atoms with E-state index in [9.17, 15) is 13.6 Å². The van der Waals surface area contributed by atoms with E-state index in [0.29, 0.717) is 43.3 Å². The second kappa shape index (κ2) is 12.4. The Hall–Kier alpha value is -4.15. The fourth-order valence-electron chi connectivity index (χ4n) is 4.14. The minimum atomic E-state index is -0.805. The Morgan fingerprint density at radius 1 is 1.07 bits per heavy atom. The summed E-state index contributed by atoms with van der Waals surface area (Å²) in [4.78, 5) is 22.4. The van der Waals surface area contributed by atoms with Crippen LogP contribution in [0.3, 0.4) is 0 Å². The van der Waals surface area contributed by atoms with Crippen LogP contribution in [-0.2, 0) is 11.3 Å². The third kappa shape index (κ3) is 7.49. The van der Waals surface area contributed by atoms with Crippen LogP contribution in [0.4, 0.5) is 25.2 Å². The molecule has 0 aliphatic carbocycles. The van der Waals surface area contributed by atoms with Gasteiger partial charge in [-0.15, -0.1) is 0 Å². The number of halogens is 2. The van der Waals surface area contributed by atoms with E-state index in [1.165, 1.54) is 32.5 Å². The predicted octanol–water partition coefficient (Wildman–Crippen LogP) is 6.17. The van der Waals surface area contributed by atoms with Crippen LogP contribution in [-0.4, -0.2) is 52.9 Å². The number of amides is 1. The number of ether oxygens (including phenoxy) is 4. The highest BCUT2D eigenvalue weighted by Crippen LogP contribution is 2.28. The van der Waals surface area contributed by atoms with Crippen LogP contribution in [0.5, 0.6) is 17.2 Å². The number of aryl methyl sites for hydroxylation is 1. The van der Waals surface area contributed by atoms with Gasteiger partial charge < -0.3 is 29.2 Å². The van der Waals surface area contributed by atoms with Gasteiger partial charge in [0.05, 0.1) is 25.1 Å². The lowest BCUT2D eigenvalue weighted by Crippen LogP contribution is -2.44. The lowest BCUT2D eigenvalue weighted by Gasteiger charge is -2.33. The summed E-state index contributed by atoms with van der Waals surface area (Å²) >= 11 is 0. The van der Waals surface area contributed by atoms with Gasteiger partial charge in [-0.1, -0.05) is 6.07 Å². The molecule has 1 saturated heterocycles. The number of hydrogen-bond donors (Lipinski definition) is 1. The molecule has 0 unspecified atom stereocenters. The number of aromatic nitrogens is 2. The number of benzene rings is 2. The molecule has 4 rings (SSSR count). The molecule has 0 bridgehead atoms. The Balaban J connectivity index is 1.30. The Morgan fingerprint density at radius 2 is 1.77 bits per heavy atom. The minimum Gasteiger partial charge on any atom is -0.494 e. The zero-order valence-corrected chi connectivity index (χ0v) is 23.3. The van der Waals surface area contributed by atoms with Gasteiger partial charge in [-0.25, -0.2) is 23.5 Å². The first-order chi connectivity index (χ1) is 19.0. The minimum absolute atomic E-state index is 0.0235. The molecular weight excluding hydrogens is 522 g/mol. The first-order valence-corrected chi connectivity index (χ1v) is 13.0. The van der Waals surface area contributed by atoms with E-state index in [-0.39, 0.29) is 41.4 Å². The van der Waals surface area contributed by atoms with Gasteiger partial charge in [-0.3, -0.25) is 0 Å². The van der Waals surface area contributed by atoms with Crippen LogP contribution < -0.4 is 19.5 Å². The molecule has 11 heteroatoms. The summed E-state index contributed by atoms with van der Waals surface area (Å²) in [6.45, 7) is 7.87. The molecule has 1 aliphatic heterocycles. The number of anilines is 2. The first kappa shape index (κ1) is 28.8. The normalized spacial score (nSPS) is 14.0. The average Bonchev–Trinajstić information content (AvgIpc) is 2.91. The maximum absolute atomic E-state index is 14.5. The number of piperidine rings is 1. The van der Waals surface area contributed by atoms with E-state index in [4.69, 9.17) is 18.9 Å². The fourth-order valence-corrected chi connectivity index (χ4v) is 4.14. The number of nitrogens with one attached hydrogen (secondary N) is 1. The maximum atomic E-state index is 14.5. The molecule has 1 aromatic heterocycles. The zero-order valence-electron chi connectivity index (χ0n) is 23.3. The molecule has 9 nitrogen and oxygen atoms in total. The van der Waals surface area contributed by atoms with Crippen LogP contribution >= 0.6 is 0 Å². The summed E-state index contributed by atoms with van der Waals surface area (Å²) in [5, 5.41) is 3.10. The second-order valence-corrected chi connectivity index (χ2v) is 10.5. The quantitative estimate of drug-likeness (QED) is 0.352. The maximum Gasteiger partial charge on any atom is 0.410 e. The third-order valence-electron chi connectivity index (χ3n) is 6.16. The van der Waals surface area contributed by atoms with Gasteiger partial charge in [0.1, 0.15) is 29.9 Å². The molecule has 1 fully saturated rings. The van der Waals surface area contributed by atoms with Crippen LogP contribution in [0.25, 0.3) is 0 Å². The molecule has 0 saturated carbocycles. The van der Waals surface area contributed by atoms with E-state index in [0.717, 1.165) is 0 Å². The van der Waals surface area contributed by atoms with Crippen molar-refractivity contribution in [2.45, 2.75) is 58.8 Å². The fraction of sp³-hybridized carbons (Fsp3) is 0.414. The van der Waals surface area contributed by atoms with E-state index < -0.39 is 17.2 Å².